The van der Waals surface area contributed by atoms with Crippen molar-refractivity contribution in [2.75, 3.05) is 31.1 Å². The Hall–Kier alpha value is -1.26. The molecule has 116 valence electrons. The first-order valence-corrected chi connectivity index (χ1v) is 8.04. The Labute approximate surface area is 131 Å². The van der Waals surface area contributed by atoms with E-state index in [0.717, 1.165) is 56.2 Å². The van der Waals surface area contributed by atoms with Crippen molar-refractivity contribution in [1.29, 1.82) is 0 Å². The molecular formula is C16H24ClN3O. The molecule has 0 aromatic heterocycles. The molecule has 0 spiro atoms. The molecule has 1 aliphatic heterocycles. The van der Waals surface area contributed by atoms with E-state index in [-0.39, 0.29) is 11.9 Å². The molecule has 21 heavy (non-hydrogen) atoms. The lowest BCUT2D eigenvalue weighted by Crippen LogP contribution is -2.53. The van der Waals surface area contributed by atoms with Gasteiger partial charge in [-0.2, -0.15) is 0 Å². The lowest BCUT2D eigenvalue weighted by molar-refractivity contribution is -0.133. The molecule has 1 aromatic carbocycles. The van der Waals surface area contributed by atoms with Gasteiger partial charge in [-0.3, -0.25) is 4.79 Å². The summed E-state index contributed by atoms with van der Waals surface area (Å²) in [5, 5.41) is 0.743. The quantitative estimate of drug-likeness (QED) is 0.909. The fourth-order valence-corrected chi connectivity index (χ4v) is 2.82. The highest BCUT2D eigenvalue weighted by Gasteiger charge is 2.24. The van der Waals surface area contributed by atoms with Gasteiger partial charge in [0, 0.05) is 36.9 Å². The summed E-state index contributed by atoms with van der Waals surface area (Å²) in [6.45, 7) is 5.22. The van der Waals surface area contributed by atoms with Gasteiger partial charge >= 0.3 is 0 Å². The average Bonchev–Trinajstić information content (AvgIpc) is 2.52. The van der Waals surface area contributed by atoms with Gasteiger partial charge in [-0.15, -0.1) is 0 Å². The van der Waals surface area contributed by atoms with Crippen molar-refractivity contribution in [1.82, 2.24) is 4.90 Å². The van der Waals surface area contributed by atoms with Crippen molar-refractivity contribution in [2.45, 2.75) is 32.2 Å². The van der Waals surface area contributed by atoms with Crippen LogP contribution in [0.2, 0.25) is 5.02 Å². The number of hydrogen-bond donors (Lipinski definition) is 1. The first-order valence-electron chi connectivity index (χ1n) is 7.66. The number of amides is 1. The zero-order valence-corrected chi connectivity index (χ0v) is 13.4. The van der Waals surface area contributed by atoms with Gasteiger partial charge in [-0.1, -0.05) is 37.4 Å². The van der Waals surface area contributed by atoms with Crippen LogP contribution in [0.25, 0.3) is 0 Å². The van der Waals surface area contributed by atoms with Crippen molar-refractivity contribution in [3.8, 4) is 0 Å². The van der Waals surface area contributed by atoms with E-state index in [2.05, 4.69) is 17.9 Å². The maximum Gasteiger partial charge on any atom is 0.239 e. The molecule has 0 saturated carbocycles. The number of halogens is 1. The summed E-state index contributed by atoms with van der Waals surface area (Å²) in [7, 11) is 0. The molecule has 5 heteroatoms. The second-order valence-corrected chi connectivity index (χ2v) is 5.98. The van der Waals surface area contributed by atoms with Gasteiger partial charge < -0.3 is 15.5 Å². The number of benzene rings is 1. The van der Waals surface area contributed by atoms with Gasteiger partial charge in [0.2, 0.25) is 5.91 Å². The third-order valence-corrected chi connectivity index (χ3v) is 4.19. The minimum Gasteiger partial charge on any atom is -0.368 e. The Morgan fingerprint density at radius 3 is 2.67 bits per heavy atom. The first kappa shape index (κ1) is 16.1. The molecule has 0 bridgehead atoms. The van der Waals surface area contributed by atoms with E-state index < -0.39 is 0 Å². The summed E-state index contributed by atoms with van der Waals surface area (Å²) in [6.07, 6.45) is 2.86. The molecule has 2 rings (SSSR count). The third-order valence-electron chi connectivity index (χ3n) is 3.95. The molecule has 1 atom stereocenters. The van der Waals surface area contributed by atoms with Crippen molar-refractivity contribution >= 4 is 23.2 Å². The van der Waals surface area contributed by atoms with Crippen molar-refractivity contribution < 1.29 is 4.79 Å². The van der Waals surface area contributed by atoms with Crippen LogP contribution >= 0.6 is 11.6 Å². The van der Waals surface area contributed by atoms with Gasteiger partial charge in [-0.05, 0) is 24.6 Å². The number of unbranched alkanes of at least 4 members (excludes halogenated alkanes) is 1. The molecule has 1 heterocycles. The van der Waals surface area contributed by atoms with Gasteiger partial charge in [0.15, 0.2) is 0 Å². The molecule has 1 fully saturated rings. The van der Waals surface area contributed by atoms with Crippen LogP contribution in [0.1, 0.15) is 26.2 Å². The Morgan fingerprint density at radius 2 is 2.05 bits per heavy atom. The highest BCUT2D eigenvalue weighted by molar-refractivity contribution is 6.30. The zero-order valence-electron chi connectivity index (χ0n) is 12.6. The SMILES string of the molecule is CCCCC(N)C(=O)N1CCN(c2cccc(Cl)c2)CC1. The predicted octanol–water partition coefficient (Wildman–Crippen LogP) is 2.51. The van der Waals surface area contributed by atoms with Crippen molar-refractivity contribution in [3.63, 3.8) is 0 Å². The predicted molar refractivity (Wildman–Crippen MR) is 87.7 cm³/mol. The minimum absolute atomic E-state index is 0.0918. The second kappa shape index (κ2) is 7.66. The van der Waals surface area contributed by atoms with E-state index in [1.807, 2.05) is 23.1 Å². The number of hydrogen-bond acceptors (Lipinski definition) is 3. The topological polar surface area (TPSA) is 49.6 Å². The summed E-state index contributed by atoms with van der Waals surface area (Å²) in [5.74, 6) is 0.0918. The fraction of sp³-hybridized carbons (Fsp3) is 0.562. The number of piperazine rings is 1. The minimum atomic E-state index is -0.345. The van der Waals surface area contributed by atoms with E-state index in [0.29, 0.717) is 0 Å². The van der Waals surface area contributed by atoms with Crippen LogP contribution in [0.5, 0.6) is 0 Å². The third kappa shape index (κ3) is 4.35. The molecule has 1 aromatic rings. The van der Waals surface area contributed by atoms with E-state index in [1.54, 1.807) is 0 Å². The van der Waals surface area contributed by atoms with Crippen LogP contribution in [0.3, 0.4) is 0 Å². The smallest absolute Gasteiger partial charge is 0.239 e. The van der Waals surface area contributed by atoms with E-state index >= 15 is 0 Å². The molecule has 1 saturated heterocycles. The van der Waals surface area contributed by atoms with E-state index in [1.165, 1.54) is 0 Å². The second-order valence-electron chi connectivity index (χ2n) is 5.54. The van der Waals surface area contributed by atoms with Gasteiger partial charge in [0.05, 0.1) is 6.04 Å². The fourth-order valence-electron chi connectivity index (χ4n) is 2.64. The van der Waals surface area contributed by atoms with Crippen molar-refractivity contribution in [3.05, 3.63) is 29.3 Å². The summed E-state index contributed by atoms with van der Waals surface area (Å²) < 4.78 is 0. The van der Waals surface area contributed by atoms with Crippen LogP contribution in [-0.4, -0.2) is 43.0 Å². The van der Waals surface area contributed by atoms with Crippen LogP contribution in [0, 0.1) is 0 Å². The molecule has 2 N–H and O–H groups in total. The molecule has 0 aliphatic carbocycles. The Morgan fingerprint density at radius 1 is 1.33 bits per heavy atom. The number of rotatable bonds is 5. The molecule has 4 nitrogen and oxygen atoms in total. The number of anilines is 1. The molecular weight excluding hydrogens is 286 g/mol. The van der Waals surface area contributed by atoms with Gasteiger partial charge in [-0.25, -0.2) is 0 Å². The van der Waals surface area contributed by atoms with Crippen LogP contribution < -0.4 is 10.6 Å². The number of carbonyl (C=O) groups is 1. The zero-order chi connectivity index (χ0) is 15.2. The summed E-state index contributed by atoms with van der Waals surface area (Å²) >= 11 is 6.03. The lowest BCUT2D eigenvalue weighted by atomic mass is 10.1. The van der Waals surface area contributed by atoms with Crippen molar-refractivity contribution in [2.24, 2.45) is 5.73 Å². The van der Waals surface area contributed by atoms with E-state index in [9.17, 15) is 4.79 Å². The Kier molecular flexibility index (Phi) is 5.88. The van der Waals surface area contributed by atoms with Gasteiger partial charge in [0.1, 0.15) is 0 Å². The average molecular weight is 310 g/mol. The number of nitrogens with two attached hydrogens (primary N) is 1. The highest BCUT2D eigenvalue weighted by Crippen LogP contribution is 2.21. The summed E-state index contributed by atoms with van der Waals surface area (Å²) in [5.41, 5.74) is 7.09. The Balaban J connectivity index is 1.87. The van der Waals surface area contributed by atoms with Crippen LogP contribution in [0.4, 0.5) is 5.69 Å². The van der Waals surface area contributed by atoms with Gasteiger partial charge in [0.25, 0.3) is 0 Å². The summed E-state index contributed by atoms with van der Waals surface area (Å²) in [4.78, 5) is 16.4. The lowest BCUT2D eigenvalue weighted by Gasteiger charge is -2.37. The molecule has 0 radical (unpaired) electrons. The molecule has 1 amide bonds. The maximum absolute atomic E-state index is 12.3. The maximum atomic E-state index is 12.3. The first-order chi connectivity index (χ1) is 10.1. The number of carbonyl (C=O) groups excluding carboxylic acids is 1. The normalized spacial score (nSPS) is 16.9. The molecule has 1 unspecified atom stereocenters. The largest absolute Gasteiger partial charge is 0.368 e. The molecule has 1 aliphatic rings. The monoisotopic (exact) mass is 309 g/mol. The highest BCUT2D eigenvalue weighted by atomic mass is 35.5. The number of nitrogens with zero attached hydrogens (tertiary/aromatic N) is 2. The summed E-state index contributed by atoms with van der Waals surface area (Å²) in [6, 6.07) is 7.50. The standard InChI is InChI=1S/C16H24ClN3O/c1-2-3-7-15(18)16(21)20-10-8-19(9-11-20)14-6-4-5-13(17)12-14/h4-6,12,15H,2-3,7-11,18H2,1H3. The van der Waals surface area contributed by atoms with E-state index in [4.69, 9.17) is 17.3 Å². The Bertz CT molecular complexity index is 472. The van der Waals surface area contributed by atoms with Crippen LogP contribution in [-0.2, 0) is 4.79 Å². The van der Waals surface area contributed by atoms with Crippen LogP contribution in [0.15, 0.2) is 24.3 Å².